The smallest absolute Gasteiger partial charge is 0.278 e. The van der Waals surface area contributed by atoms with Gasteiger partial charge in [-0.25, -0.2) is 4.98 Å². The van der Waals surface area contributed by atoms with Gasteiger partial charge in [-0.05, 0) is 48.1 Å². The van der Waals surface area contributed by atoms with E-state index in [0.29, 0.717) is 40.1 Å². The number of rotatable bonds is 9. The van der Waals surface area contributed by atoms with Crippen LogP contribution in [0.25, 0.3) is 0 Å². The fourth-order valence-corrected chi connectivity index (χ4v) is 5.37. The van der Waals surface area contributed by atoms with Crippen LogP contribution in [0.5, 0.6) is 0 Å². The number of hydrogen-bond donors (Lipinski definition) is 1. The molecular formula is C28H30N4O5S4. The molecule has 0 unspecified atom stereocenters. The molecule has 5 rings (SSSR count). The van der Waals surface area contributed by atoms with Gasteiger partial charge in [-0.15, -0.1) is 0 Å². The quantitative estimate of drug-likeness (QED) is 0.321. The topological polar surface area (TPSA) is 87.1 Å². The van der Waals surface area contributed by atoms with E-state index >= 15 is 0 Å². The molecule has 3 heterocycles. The molecule has 0 radical (unpaired) electrons. The number of aromatic nitrogens is 2. The Kier molecular flexibility index (Phi) is 10.2. The zero-order valence-corrected chi connectivity index (χ0v) is 25.8. The highest BCUT2D eigenvalue weighted by Gasteiger charge is 2.51. The number of amides is 1. The van der Waals surface area contributed by atoms with E-state index in [1.54, 1.807) is 15.8 Å². The maximum Gasteiger partial charge on any atom is 0.278 e. The fraction of sp³-hybridized carbons (Fsp3) is 0.357. The Hall–Kier alpha value is -2.68. The Bertz CT molecular complexity index is 1360. The molecule has 4 atom stereocenters. The molecule has 0 aliphatic carbocycles. The normalized spacial score (nSPS) is 21.7. The van der Waals surface area contributed by atoms with Crippen molar-refractivity contribution in [1.29, 1.82) is 0 Å². The zero-order chi connectivity index (χ0) is 28.8. The van der Waals surface area contributed by atoms with Crippen molar-refractivity contribution < 1.29 is 23.7 Å². The number of carbonyl (C=O) groups excluding carboxylic acids is 1. The SMILES string of the molecule is CSC(=S)O[C@@H]1[C@H](OC(=S)SC)[C@@H](COCc2ccccc2)O[C@H]1n1cnc2c1NCN(Cc1ccccc1)C2=O. The molecule has 0 bridgehead atoms. The summed E-state index contributed by atoms with van der Waals surface area (Å²) >= 11 is 13.5. The van der Waals surface area contributed by atoms with E-state index in [-0.39, 0.29) is 12.5 Å². The number of benzene rings is 2. The second-order valence-electron chi connectivity index (χ2n) is 9.31. The Balaban J connectivity index is 1.39. The van der Waals surface area contributed by atoms with Gasteiger partial charge in [0.15, 0.2) is 24.1 Å². The predicted molar refractivity (Wildman–Crippen MR) is 169 cm³/mol. The molecule has 1 aromatic heterocycles. The lowest BCUT2D eigenvalue weighted by molar-refractivity contribution is -0.0665. The number of ether oxygens (including phenoxy) is 4. The summed E-state index contributed by atoms with van der Waals surface area (Å²) in [6.45, 7) is 1.42. The van der Waals surface area contributed by atoms with Crippen molar-refractivity contribution in [2.45, 2.75) is 37.7 Å². The minimum atomic E-state index is -0.711. The summed E-state index contributed by atoms with van der Waals surface area (Å²) in [5.74, 6) is 0.376. The number of nitrogens with one attached hydrogen (secondary N) is 1. The van der Waals surface area contributed by atoms with Gasteiger partial charge in [0.2, 0.25) is 8.77 Å². The van der Waals surface area contributed by atoms with Crippen LogP contribution >= 0.6 is 48.0 Å². The van der Waals surface area contributed by atoms with E-state index in [0.717, 1.165) is 11.1 Å². The van der Waals surface area contributed by atoms with Gasteiger partial charge in [0.25, 0.3) is 5.91 Å². The van der Waals surface area contributed by atoms with Gasteiger partial charge in [0.05, 0.1) is 26.2 Å². The predicted octanol–water partition coefficient (Wildman–Crippen LogP) is 5.09. The first kappa shape index (κ1) is 29.8. The van der Waals surface area contributed by atoms with E-state index in [2.05, 4.69) is 10.3 Å². The highest BCUT2D eigenvalue weighted by molar-refractivity contribution is 8.22. The second-order valence-corrected chi connectivity index (χ2v) is 12.1. The Morgan fingerprint density at radius 2 is 1.63 bits per heavy atom. The molecule has 1 amide bonds. The molecule has 9 nitrogen and oxygen atoms in total. The van der Waals surface area contributed by atoms with Crippen molar-refractivity contribution in [3.63, 3.8) is 0 Å². The molecule has 2 aliphatic heterocycles. The molecular weight excluding hydrogens is 601 g/mol. The van der Waals surface area contributed by atoms with Crippen LogP contribution in [0.15, 0.2) is 67.0 Å². The number of anilines is 1. The molecule has 41 heavy (non-hydrogen) atoms. The van der Waals surface area contributed by atoms with Crippen molar-refractivity contribution in [3.8, 4) is 0 Å². The van der Waals surface area contributed by atoms with Gasteiger partial charge in [-0.1, -0.05) is 84.2 Å². The van der Waals surface area contributed by atoms with Crippen LogP contribution in [-0.4, -0.2) is 73.2 Å². The molecule has 0 spiro atoms. The van der Waals surface area contributed by atoms with Gasteiger partial charge in [-0.3, -0.25) is 9.36 Å². The first-order valence-electron chi connectivity index (χ1n) is 12.9. The minimum Gasteiger partial charge on any atom is -0.468 e. The lowest BCUT2D eigenvalue weighted by atomic mass is 10.1. The maximum atomic E-state index is 13.4. The number of hydrogen-bond acceptors (Lipinski definition) is 11. The van der Waals surface area contributed by atoms with Gasteiger partial charge in [0.1, 0.15) is 11.9 Å². The Labute approximate surface area is 258 Å². The number of thioether (sulfide) groups is 2. The van der Waals surface area contributed by atoms with Gasteiger partial charge in [-0.2, -0.15) is 0 Å². The van der Waals surface area contributed by atoms with E-state index in [1.165, 1.54) is 23.5 Å². The molecule has 1 N–H and O–H groups in total. The third-order valence-corrected chi connectivity index (χ3v) is 8.74. The zero-order valence-electron chi connectivity index (χ0n) is 22.5. The average Bonchev–Trinajstić information content (AvgIpc) is 3.57. The lowest BCUT2D eigenvalue weighted by Gasteiger charge is -2.30. The summed E-state index contributed by atoms with van der Waals surface area (Å²) in [7, 11) is 0. The lowest BCUT2D eigenvalue weighted by Crippen LogP contribution is -2.41. The van der Waals surface area contributed by atoms with Crippen molar-refractivity contribution >= 4 is 68.4 Å². The highest BCUT2D eigenvalue weighted by Crippen LogP contribution is 2.39. The number of fused-ring (bicyclic) bond motifs is 1. The first-order chi connectivity index (χ1) is 20.0. The van der Waals surface area contributed by atoms with Crippen LogP contribution in [-0.2, 0) is 32.1 Å². The fourth-order valence-electron chi connectivity index (χ4n) is 4.73. The largest absolute Gasteiger partial charge is 0.468 e. The molecule has 0 saturated carbocycles. The molecule has 2 aliphatic rings. The molecule has 216 valence electrons. The first-order valence-corrected chi connectivity index (χ1v) is 16.1. The summed E-state index contributed by atoms with van der Waals surface area (Å²) < 4.78 is 27.4. The highest BCUT2D eigenvalue weighted by atomic mass is 32.2. The summed E-state index contributed by atoms with van der Waals surface area (Å²) in [5.41, 5.74) is 2.39. The number of nitrogens with zero attached hydrogens (tertiary/aromatic N) is 3. The number of thiocarbonyl (C=S) groups is 2. The van der Waals surface area contributed by atoms with Crippen LogP contribution in [0.1, 0.15) is 27.8 Å². The van der Waals surface area contributed by atoms with E-state index < -0.39 is 24.5 Å². The summed E-state index contributed by atoms with van der Waals surface area (Å²) in [6, 6.07) is 19.7. The van der Waals surface area contributed by atoms with Gasteiger partial charge >= 0.3 is 0 Å². The molecule has 3 aromatic rings. The molecule has 1 fully saturated rings. The molecule has 13 heteroatoms. The Morgan fingerprint density at radius 1 is 1.00 bits per heavy atom. The summed E-state index contributed by atoms with van der Waals surface area (Å²) in [5, 5.41) is 3.35. The third kappa shape index (κ3) is 7.04. The van der Waals surface area contributed by atoms with Crippen LogP contribution < -0.4 is 5.32 Å². The van der Waals surface area contributed by atoms with Gasteiger partial charge < -0.3 is 29.2 Å². The van der Waals surface area contributed by atoms with Crippen LogP contribution in [0, 0.1) is 0 Å². The molecule has 1 saturated heterocycles. The van der Waals surface area contributed by atoms with E-state index in [4.69, 9.17) is 43.4 Å². The third-order valence-electron chi connectivity index (χ3n) is 6.69. The maximum absolute atomic E-state index is 13.4. The molecule has 2 aromatic carbocycles. The van der Waals surface area contributed by atoms with Crippen LogP contribution in [0.2, 0.25) is 0 Å². The monoisotopic (exact) mass is 630 g/mol. The van der Waals surface area contributed by atoms with Crippen LogP contribution in [0.4, 0.5) is 5.82 Å². The average molecular weight is 631 g/mol. The second kappa shape index (κ2) is 14.0. The number of imidazole rings is 1. The summed E-state index contributed by atoms with van der Waals surface area (Å²) in [4.78, 5) is 19.6. The van der Waals surface area contributed by atoms with Crippen molar-refractivity contribution in [2.24, 2.45) is 0 Å². The van der Waals surface area contributed by atoms with E-state index in [1.807, 2.05) is 73.2 Å². The Morgan fingerprint density at radius 3 is 2.29 bits per heavy atom. The standard InChI is InChI=1S/C28H30N4O5S4/c1-40-27(38)36-22-20(15-34-14-19-11-7-4-8-12-19)35-26(23(22)37-28(39)41-2)32-17-29-21-24(32)30-16-31(25(21)33)13-18-9-5-3-6-10-18/h3-12,17,20,22-23,26,30H,13-16H2,1-2H3/t20-,22-,23-,26-/m1/s1. The van der Waals surface area contributed by atoms with Crippen molar-refractivity contribution in [1.82, 2.24) is 14.5 Å². The van der Waals surface area contributed by atoms with Gasteiger partial charge in [0, 0.05) is 6.54 Å². The van der Waals surface area contributed by atoms with E-state index in [9.17, 15) is 4.79 Å². The minimum absolute atomic E-state index is 0.171. The number of carbonyl (C=O) groups is 1. The van der Waals surface area contributed by atoms with Crippen LogP contribution in [0.3, 0.4) is 0 Å². The summed E-state index contributed by atoms with van der Waals surface area (Å²) in [6.07, 6.45) is 2.74. The van der Waals surface area contributed by atoms with Crippen molar-refractivity contribution in [3.05, 3.63) is 83.8 Å². The van der Waals surface area contributed by atoms with Crippen molar-refractivity contribution in [2.75, 3.05) is 31.1 Å².